The van der Waals surface area contributed by atoms with Crippen molar-refractivity contribution >= 4 is 17.4 Å². The van der Waals surface area contributed by atoms with Crippen LogP contribution < -0.4 is 0 Å². The average Bonchev–Trinajstić information content (AvgIpc) is 2.61. The first-order chi connectivity index (χ1) is 8.75. The van der Waals surface area contributed by atoms with Crippen LogP contribution >= 0.6 is 11.6 Å². The normalized spacial score (nSPS) is 17.4. The monoisotopic (exact) mass is 265 g/mol. The summed E-state index contributed by atoms with van der Waals surface area (Å²) >= 11 is 6.02. The molecule has 0 saturated heterocycles. The highest BCUT2D eigenvalue weighted by Gasteiger charge is 2.16. The van der Waals surface area contributed by atoms with Crippen LogP contribution in [0.2, 0.25) is 5.02 Å². The van der Waals surface area contributed by atoms with Crippen molar-refractivity contribution in [2.24, 2.45) is 5.92 Å². The number of nitrogens with zero attached hydrogens (tertiary/aromatic N) is 1. The van der Waals surface area contributed by atoms with Crippen molar-refractivity contribution in [1.29, 1.82) is 0 Å². The lowest BCUT2D eigenvalue weighted by Crippen LogP contribution is -2.10. The molecule has 1 saturated carbocycles. The first-order valence-electron chi connectivity index (χ1n) is 6.86. The lowest BCUT2D eigenvalue weighted by Gasteiger charge is -2.12. The second kappa shape index (κ2) is 6.89. The summed E-state index contributed by atoms with van der Waals surface area (Å²) in [6.45, 7) is 0. The number of hydrogen-bond donors (Lipinski definition) is 0. The summed E-state index contributed by atoms with van der Waals surface area (Å²) in [5.41, 5.74) is 0.908. The SMILES string of the molecule is O=C(Cc1ccncc1Cl)CC1CCCCCC1. The van der Waals surface area contributed by atoms with Gasteiger partial charge < -0.3 is 0 Å². The van der Waals surface area contributed by atoms with Crippen LogP contribution in [0.4, 0.5) is 0 Å². The second-order valence-corrected chi connectivity index (χ2v) is 5.65. The molecule has 1 aliphatic rings. The van der Waals surface area contributed by atoms with Crippen molar-refractivity contribution in [3.05, 3.63) is 29.0 Å². The number of aromatic nitrogens is 1. The molecule has 1 aliphatic carbocycles. The van der Waals surface area contributed by atoms with Crippen LogP contribution in [-0.4, -0.2) is 10.8 Å². The van der Waals surface area contributed by atoms with Gasteiger partial charge in [-0.15, -0.1) is 0 Å². The number of rotatable bonds is 4. The van der Waals surface area contributed by atoms with Gasteiger partial charge in [-0.05, 0) is 17.5 Å². The lowest BCUT2D eigenvalue weighted by atomic mass is 9.92. The van der Waals surface area contributed by atoms with Gasteiger partial charge in [-0.25, -0.2) is 0 Å². The van der Waals surface area contributed by atoms with Gasteiger partial charge in [0, 0.05) is 25.2 Å². The van der Waals surface area contributed by atoms with Crippen LogP contribution in [0.3, 0.4) is 0 Å². The van der Waals surface area contributed by atoms with E-state index in [4.69, 9.17) is 11.6 Å². The number of carbonyl (C=O) groups excluding carboxylic acids is 1. The number of pyridine rings is 1. The molecular weight excluding hydrogens is 246 g/mol. The summed E-state index contributed by atoms with van der Waals surface area (Å²) in [7, 11) is 0. The van der Waals surface area contributed by atoms with Crippen LogP contribution in [0.1, 0.15) is 50.5 Å². The van der Waals surface area contributed by atoms with Crippen molar-refractivity contribution < 1.29 is 4.79 Å². The van der Waals surface area contributed by atoms with Crippen molar-refractivity contribution in [1.82, 2.24) is 4.98 Å². The van der Waals surface area contributed by atoms with Gasteiger partial charge in [-0.1, -0.05) is 50.1 Å². The van der Waals surface area contributed by atoms with E-state index in [0.717, 1.165) is 12.0 Å². The van der Waals surface area contributed by atoms with Gasteiger partial charge in [0.05, 0.1) is 5.02 Å². The molecular formula is C15H20ClNO. The maximum Gasteiger partial charge on any atom is 0.137 e. The van der Waals surface area contributed by atoms with E-state index in [1.807, 2.05) is 6.07 Å². The zero-order valence-electron chi connectivity index (χ0n) is 10.7. The number of hydrogen-bond acceptors (Lipinski definition) is 2. The first-order valence-corrected chi connectivity index (χ1v) is 7.23. The smallest absolute Gasteiger partial charge is 0.137 e. The highest BCUT2D eigenvalue weighted by atomic mass is 35.5. The van der Waals surface area contributed by atoms with Crippen molar-refractivity contribution in [2.45, 2.75) is 51.4 Å². The highest BCUT2D eigenvalue weighted by Crippen LogP contribution is 2.26. The Kier molecular flexibility index (Phi) is 5.18. The first kappa shape index (κ1) is 13.5. The topological polar surface area (TPSA) is 30.0 Å². The molecule has 0 aliphatic heterocycles. The van der Waals surface area contributed by atoms with Crippen LogP contribution in [0.5, 0.6) is 0 Å². The molecule has 98 valence electrons. The van der Waals surface area contributed by atoms with E-state index < -0.39 is 0 Å². The fourth-order valence-corrected chi connectivity index (χ4v) is 2.91. The lowest BCUT2D eigenvalue weighted by molar-refractivity contribution is -0.119. The number of Topliss-reactive ketones (excluding diaryl/α,β-unsaturated/α-hetero) is 1. The predicted octanol–water partition coefficient (Wildman–Crippen LogP) is 4.21. The Morgan fingerprint density at radius 1 is 1.28 bits per heavy atom. The minimum Gasteiger partial charge on any atom is -0.299 e. The summed E-state index contributed by atoms with van der Waals surface area (Å²) in [5, 5.41) is 0.603. The minimum atomic E-state index is 0.315. The number of ketones is 1. The van der Waals surface area contributed by atoms with Crippen LogP contribution in [0.15, 0.2) is 18.5 Å². The fraction of sp³-hybridized carbons (Fsp3) is 0.600. The molecule has 1 aromatic heterocycles. The Morgan fingerprint density at radius 2 is 2.00 bits per heavy atom. The predicted molar refractivity (Wildman–Crippen MR) is 73.8 cm³/mol. The Labute approximate surface area is 114 Å². The van der Waals surface area contributed by atoms with Gasteiger partial charge in [0.2, 0.25) is 0 Å². The van der Waals surface area contributed by atoms with Crippen molar-refractivity contribution in [2.75, 3.05) is 0 Å². The third-order valence-corrected chi connectivity index (χ3v) is 4.08. The Hall–Kier alpha value is -0.890. The molecule has 0 radical (unpaired) electrons. The van der Waals surface area contributed by atoms with Gasteiger partial charge in [0.1, 0.15) is 5.78 Å². The van der Waals surface area contributed by atoms with Gasteiger partial charge in [-0.3, -0.25) is 9.78 Å². The molecule has 0 bridgehead atoms. The van der Waals surface area contributed by atoms with E-state index in [2.05, 4.69) is 4.98 Å². The third kappa shape index (κ3) is 4.09. The molecule has 1 heterocycles. The van der Waals surface area contributed by atoms with Crippen molar-refractivity contribution in [3.63, 3.8) is 0 Å². The summed E-state index contributed by atoms with van der Waals surface area (Å²) < 4.78 is 0. The highest BCUT2D eigenvalue weighted by molar-refractivity contribution is 6.31. The van der Waals surface area contributed by atoms with E-state index in [9.17, 15) is 4.79 Å². The Bertz CT molecular complexity index is 397. The summed E-state index contributed by atoms with van der Waals surface area (Å²) in [4.78, 5) is 16.0. The summed E-state index contributed by atoms with van der Waals surface area (Å²) in [6.07, 6.45) is 12.2. The minimum absolute atomic E-state index is 0.315. The van der Waals surface area contributed by atoms with Crippen molar-refractivity contribution in [3.8, 4) is 0 Å². The van der Waals surface area contributed by atoms with Crippen LogP contribution in [-0.2, 0) is 11.2 Å². The molecule has 2 rings (SSSR count). The average molecular weight is 266 g/mol. The fourth-order valence-electron chi connectivity index (χ4n) is 2.72. The molecule has 1 fully saturated rings. The van der Waals surface area contributed by atoms with E-state index in [0.29, 0.717) is 23.1 Å². The molecule has 3 heteroatoms. The van der Waals surface area contributed by atoms with Crippen LogP contribution in [0.25, 0.3) is 0 Å². The maximum atomic E-state index is 12.1. The molecule has 0 N–H and O–H groups in total. The molecule has 0 spiro atoms. The zero-order chi connectivity index (χ0) is 12.8. The second-order valence-electron chi connectivity index (χ2n) is 5.24. The maximum absolute atomic E-state index is 12.1. The Balaban J connectivity index is 1.86. The van der Waals surface area contributed by atoms with E-state index >= 15 is 0 Å². The molecule has 1 aromatic rings. The molecule has 0 atom stereocenters. The van der Waals surface area contributed by atoms with Gasteiger partial charge >= 0.3 is 0 Å². The number of halogens is 1. The summed E-state index contributed by atoms with van der Waals surface area (Å²) in [5.74, 6) is 0.913. The molecule has 18 heavy (non-hydrogen) atoms. The summed E-state index contributed by atoms with van der Waals surface area (Å²) in [6, 6.07) is 1.84. The Morgan fingerprint density at radius 3 is 2.67 bits per heavy atom. The molecule has 0 unspecified atom stereocenters. The quantitative estimate of drug-likeness (QED) is 0.764. The standard InChI is InChI=1S/C15H20ClNO/c16-15-11-17-8-7-13(15)10-14(18)9-12-5-3-1-2-4-6-12/h7-8,11-12H,1-6,9-10H2. The molecule has 2 nitrogen and oxygen atoms in total. The van der Waals surface area contributed by atoms with Gasteiger partial charge in [0.15, 0.2) is 0 Å². The third-order valence-electron chi connectivity index (χ3n) is 3.74. The van der Waals surface area contributed by atoms with Gasteiger partial charge in [0.25, 0.3) is 0 Å². The number of carbonyl (C=O) groups is 1. The molecule has 0 amide bonds. The van der Waals surface area contributed by atoms with E-state index in [1.54, 1.807) is 12.4 Å². The van der Waals surface area contributed by atoms with Gasteiger partial charge in [-0.2, -0.15) is 0 Å². The van der Waals surface area contributed by atoms with E-state index in [-0.39, 0.29) is 0 Å². The largest absolute Gasteiger partial charge is 0.299 e. The van der Waals surface area contributed by atoms with Crippen LogP contribution in [0, 0.1) is 5.92 Å². The zero-order valence-corrected chi connectivity index (χ0v) is 11.5. The van der Waals surface area contributed by atoms with E-state index in [1.165, 1.54) is 38.5 Å². The molecule has 0 aromatic carbocycles.